The second-order valence-electron chi connectivity index (χ2n) is 4.09. The normalized spacial score (nSPS) is 9.65. The molecule has 0 fully saturated rings. The van der Waals surface area contributed by atoms with E-state index in [2.05, 4.69) is 4.98 Å². The number of carbonyl (C=O) groups is 1. The number of anilines is 1. The summed E-state index contributed by atoms with van der Waals surface area (Å²) in [5.41, 5.74) is 1.14. The van der Waals surface area contributed by atoms with Crippen LogP contribution >= 0.6 is 0 Å². The number of nitrogens with zero attached hydrogens (tertiary/aromatic N) is 3. The highest BCUT2D eigenvalue weighted by atomic mass is 16.5. The fraction of sp³-hybridized carbons (Fsp3) is 0.133. The molecule has 0 radical (unpaired) electrons. The first kappa shape index (κ1) is 13.6. The zero-order chi connectivity index (χ0) is 14.5. The van der Waals surface area contributed by atoms with Crippen molar-refractivity contribution in [1.29, 1.82) is 5.26 Å². The summed E-state index contributed by atoms with van der Waals surface area (Å²) in [5.74, 6) is 0.385. The topological polar surface area (TPSA) is 66.2 Å². The minimum atomic E-state index is -0.282. The number of pyridine rings is 1. The second-order valence-corrected chi connectivity index (χ2v) is 4.09. The minimum Gasteiger partial charge on any atom is -0.497 e. The van der Waals surface area contributed by atoms with Gasteiger partial charge in [0.1, 0.15) is 23.2 Å². The van der Waals surface area contributed by atoms with E-state index < -0.39 is 0 Å². The first-order chi connectivity index (χ1) is 9.65. The highest BCUT2D eigenvalue weighted by Crippen LogP contribution is 2.21. The van der Waals surface area contributed by atoms with Gasteiger partial charge in [-0.2, -0.15) is 5.26 Å². The molecule has 0 aliphatic carbocycles. The molecule has 1 heterocycles. The van der Waals surface area contributed by atoms with Crippen LogP contribution in [0.1, 0.15) is 16.2 Å². The van der Waals surface area contributed by atoms with Gasteiger partial charge >= 0.3 is 0 Å². The van der Waals surface area contributed by atoms with Gasteiger partial charge in [-0.3, -0.25) is 4.79 Å². The van der Waals surface area contributed by atoms with E-state index in [1.807, 2.05) is 6.07 Å². The van der Waals surface area contributed by atoms with Crippen molar-refractivity contribution >= 4 is 11.6 Å². The van der Waals surface area contributed by atoms with Crippen LogP contribution in [0.15, 0.2) is 42.5 Å². The quantitative estimate of drug-likeness (QED) is 0.855. The van der Waals surface area contributed by atoms with Crippen molar-refractivity contribution in [3.8, 4) is 11.8 Å². The van der Waals surface area contributed by atoms with Crippen LogP contribution in [0.5, 0.6) is 5.75 Å². The lowest BCUT2D eigenvalue weighted by molar-refractivity contribution is 0.0988. The Balaban J connectivity index is 2.30. The minimum absolute atomic E-state index is 0.217. The Morgan fingerprint density at radius 3 is 2.75 bits per heavy atom. The Morgan fingerprint density at radius 1 is 1.30 bits per heavy atom. The van der Waals surface area contributed by atoms with Crippen molar-refractivity contribution in [1.82, 2.24) is 4.98 Å². The largest absolute Gasteiger partial charge is 0.497 e. The van der Waals surface area contributed by atoms with Crippen LogP contribution in [0, 0.1) is 11.3 Å². The van der Waals surface area contributed by atoms with E-state index in [4.69, 9.17) is 10.00 Å². The number of hydrogen-bond acceptors (Lipinski definition) is 4. The fourth-order valence-electron chi connectivity index (χ4n) is 1.72. The second kappa shape index (κ2) is 5.85. The summed E-state index contributed by atoms with van der Waals surface area (Å²) in [7, 11) is 3.22. The Bertz CT molecular complexity index is 677. The van der Waals surface area contributed by atoms with Gasteiger partial charge in [-0.1, -0.05) is 12.1 Å². The van der Waals surface area contributed by atoms with Crippen molar-refractivity contribution in [2.75, 3.05) is 19.1 Å². The zero-order valence-electron chi connectivity index (χ0n) is 11.2. The number of carbonyl (C=O) groups excluding carboxylic acids is 1. The molecule has 5 heteroatoms. The summed E-state index contributed by atoms with van der Waals surface area (Å²) in [5, 5.41) is 8.81. The van der Waals surface area contributed by atoms with Crippen molar-refractivity contribution in [3.05, 3.63) is 53.9 Å². The Labute approximate surface area is 117 Å². The van der Waals surface area contributed by atoms with E-state index in [1.54, 1.807) is 56.6 Å². The highest BCUT2D eigenvalue weighted by Gasteiger charge is 2.15. The lowest BCUT2D eigenvalue weighted by Crippen LogP contribution is -2.27. The van der Waals surface area contributed by atoms with E-state index in [1.165, 1.54) is 4.90 Å². The van der Waals surface area contributed by atoms with Crippen LogP contribution in [0.2, 0.25) is 0 Å². The van der Waals surface area contributed by atoms with Gasteiger partial charge in [0, 0.05) is 18.8 Å². The number of methoxy groups -OCH3 is 1. The Morgan fingerprint density at radius 2 is 2.05 bits per heavy atom. The van der Waals surface area contributed by atoms with Gasteiger partial charge < -0.3 is 9.64 Å². The molecule has 20 heavy (non-hydrogen) atoms. The summed E-state index contributed by atoms with van der Waals surface area (Å²) in [6, 6.07) is 13.9. The molecule has 0 N–H and O–H groups in total. The van der Waals surface area contributed by atoms with Crippen LogP contribution in [-0.4, -0.2) is 25.0 Å². The lowest BCUT2D eigenvalue weighted by atomic mass is 10.2. The summed E-state index contributed by atoms with van der Waals surface area (Å²) < 4.78 is 5.13. The smallest absolute Gasteiger partial charge is 0.276 e. The molecule has 0 atom stereocenters. The zero-order valence-corrected chi connectivity index (χ0v) is 11.2. The van der Waals surface area contributed by atoms with Gasteiger partial charge in [-0.05, 0) is 24.3 Å². The number of amides is 1. The third-order valence-electron chi connectivity index (χ3n) is 2.83. The predicted molar refractivity (Wildman–Crippen MR) is 74.7 cm³/mol. The number of benzene rings is 1. The Hall–Kier alpha value is -2.87. The van der Waals surface area contributed by atoms with Crippen LogP contribution in [-0.2, 0) is 0 Å². The third kappa shape index (κ3) is 2.75. The maximum absolute atomic E-state index is 12.3. The van der Waals surface area contributed by atoms with E-state index in [0.29, 0.717) is 11.4 Å². The van der Waals surface area contributed by atoms with E-state index in [-0.39, 0.29) is 17.3 Å². The third-order valence-corrected chi connectivity index (χ3v) is 2.83. The van der Waals surface area contributed by atoms with Crippen molar-refractivity contribution in [2.45, 2.75) is 0 Å². The molecular formula is C15H13N3O2. The summed E-state index contributed by atoms with van der Waals surface area (Å²) in [4.78, 5) is 17.8. The first-order valence-corrected chi connectivity index (χ1v) is 5.95. The summed E-state index contributed by atoms with van der Waals surface area (Å²) in [6.45, 7) is 0. The average molecular weight is 267 g/mol. The molecule has 0 saturated heterocycles. The molecule has 0 unspecified atom stereocenters. The standard InChI is InChI=1S/C15H13N3O2/c1-18(12-6-4-7-13(9-12)20-2)15(19)14-8-3-5-11(10-16)17-14/h3-9H,1-2H3. The molecule has 0 saturated carbocycles. The lowest BCUT2D eigenvalue weighted by Gasteiger charge is -2.17. The van der Waals surface area contributed by atoms with Gasteiger partial charge in [0.15, 0.2) is 0 Å². The molecule has 2 rings (SSSR count). The molecule has 5 nitrogen and oxygen atoms in total. The van der Waals surface area contributed by atoms with E-state index in [9.17, 15) is 4.79 Å². The number of ether oxygens (including phenoxy) is 1. The van der Waals surface area contributed by atoms with Crippen molar-refractivity contribution in [2.24, 2.45) is 0 Å². The monoisotopic (exact) mass is 267 g/mol. The molecule has 0 aliphatic rings. The molecule has 1 aromatic heterocycles. The first-order valence-electron chi connectivity index (χ1n) is 5.95. The van der Waals surface area contributed by atoms with Gasteiger partial charge in [-0.15, -0.1) is 0 Å². The molecule has 2 aromatic rings. The van der Waals surface area contributed by atoms with Crippen LogP contribution < -0.4 is 9.64 Å². The fourth-order valence-corrected chi connectivity index (χ4v) is 1.72. The SMILES string of the molecule is COc1cccc(N(C)C(=O)c2cccc(C#N)n2)c1. The highest BCUT2D eigenvalue weighted by molar-refractivity contribution is 6.04. The number of aromatic nitrogens is 1. The molecule has 0 spiro atoms. The molecule has 1 amide bonds. The van der Waals surface area contributed by atoms with Crippen LogP contribution in [0.25, 0.3) is 0 Å². The summed E-state index contributed by atoms with van der Waals surface area (Å²) in [6.07, 6.45) is 0. The number of rotatable bonds is 3. The molecular weight excluding hydrogens is 254 g/mol. The molecule has 1 aromatic carbocycles. The van der Waals surface area contributed by atoms with E-state index >= 15 is 0 Å². The van der Waals surface area contributed by atoms with Crippen LogP contribution in [0.4, 0.5) is 5.69 Å². The van der Waals surface area contributed by atoms with Gasteiger partial charge in [0.2, 0.25) is 0 Å². The van der Waals surface area contributed by atoms with Gasteiger partial charge in [0.05, 0.1) is 7.11 Å². The number of nitriles is 1. The number of hydrogen-bond donors (Lipinski definition) is 0. The molecule has 0 aliphatic heterocycles. The van der Waals surface area contributed by atoms with Gasteiger partial charge in [0.25, 0.3) is 5.91 Å². The maximum Gasteiger partial charge on any atom is 0.276 e. The molecule has 100 valence electrons. The van der Waals surface area contributed by atoms with Gasteiger partial charge in [-0.25, -0.2) is 4.98 Å². The van der Waals surface area contributed by atoms with Crippen molar-refractivity contribution < 1.29 is 9.53 Å². The summed E-state index contributed by atoms with van der Waals surface area (Å²) >= 11 is 0. The van der Waals surface area contributed by atoms with E-state index in [0.717, 1.165) is 0 Å². The predicted octanol–water partition coefficient (Wildman–Crippen LogP) is 2.24. The maximum atomic E-state index is 12.3. The van der Waals surface area contributed by atoms with Crippen LogP contribution in [0.3, 0.4) is 0 Å². The van der Waals surface area contributed by atoms with Crippen molar-refractivity contribution in [3.63, 3.8) is 0 Å². The average Bonchev–Trinajstić information content (AvgIpc) is 2.53. The molecule has 0 bridgehead atoms. The Kier molecular flexibility index (Phi) is 3.96.